The molecule has 26 heavy (non-hydrogen) atoms. The smallest absolute Gasteiger partial charge is 0.191 e. The topological polar surface area (TPSA) is 56.2 Å². The number of benzene rings is 2. The Hall–Kier alpha value is -3.14. The van der Waals surface area contributed by atoms with Gasteiger partial charge in [-0.25, -0.2) is 4.98 Å². The van der Waals surface area contributed by atoms with Crippen LogP contribution in [0.25, 0.3) is 33.6 Å². The first kappa shape index (κ1) is 16.3. The fourth-order valence-corrected chi connectivity index (χ4v) is 3.07. The average Bonchev–Trinajstić information content (AvgIpc) is 3.23. The molecule has 2 aromatic carbocycles. The number of Topliss-reactive ketones (excluding diaryl/α,β-unsaturated/α-hetero) is 1. The summed E-state index contributed by atoms with van der Waals surface area (Å²) in [6.07, 6.45) is 1.02. The molecule has 0 aliphatic rings. The second-order valence-electron chi connectivity index (χ2n) is 6.43. The second kappa shape index (κ2) is 6.64. The monoisotopic (exact) mass is 345 g/mol. The third kappa shape index (κ3) is 3.18. The van der Waals surface area contributed by atoms with Crippen LogP contribution < -0.4 is 0 Å². The van der Waals surface area contributed by atoms with E-state index in [1.807, 2.05) is 61.5 Å². The Balaban J connectivity index is 1.65. The Labute approximate surface area is 151 Å². The number of aromatic nitrogens is 1. The van der Waals surface area contributed by atoms with E-state index in [0.29, 0.717) is 18.7 Å². The SMILES string of the molecule is CC(=O)CCc1oc(C)nc1-c1ccc(-c2cc3ccccc3o2)cc1. The summed E-state index contributed by atoms with van der Waals surface area (Å²) in [5.74, 6) is 2.35. The Bertz CT molecular complexity index is 1040. The minimum Gasteiger partial charge on any atom is -0.456 e. The van der Waals surface area contributed by atoms with Crippen LogP contribution in [0, 0.1) is 6.92 Å². The van der Waals surface area contributed by atoms with Crippen molar-refractivity contribution < 1.29 is 13.6 Å². The van der Waals surface area contributed by atoms with E-state index in [1.165, 1.54) is 0 Å². The molecule has 0 aliphatic heterocycles. The predicted octanol–water partition coefficient (Wildman–Crippen LogP) is 5.58. The molecule has 4 rings (SSSR count). The highest BCUT2D eigenvalue weighted by atomic mass is 16.4. The number of para-hydroxylation sites is 1. The van der Waals surface area contributed by atoms with Crippen LogP contribution in [-0.4, -0.2) is 10.8 Å². The van der Waals surface area contributed by atoms with Gasteiger partial charge in [0.1, 0.15) is 28.6 Å². The van der Waals surface area contributed by atoms with Crippen molar-refractivity contribution >= 4 is 16.8 Å². The predicted molar refractivity (Wildman–Crippen MR) is 101 cm³/mol. The highest BCUT2D eigenvalue weighted by Gasteiger charge is 2.14. The molecule has 0 amide bonds. The number of aryl methyl sites for hydroxylation is 2. The van der Waals surface area contributed by atoms with Crippen molar-refractivity contribution in [3.05, 3.63) is 66.2 Å². The number of hydrogen-bond donors (Lipinski definition) is 0. The summed E-state index contributed by atoms with van der Waals surface area (Å²) in [6, 6.07) is 18.1. The van der Waals surface area contributed by atoms with E-state index in [4.69, 9.17) is 8.83 Å². The van der Waals surface area contributed by atoms with Gasteiger partial charge in [-0.15, -0.1) is 0 Å². The zero-order chi connectivity index (χ0) is 18.1. The number of nitrogens with zero attached hydrogens (tertiary/aromatic N) is 1. The van der Waals surface area contributed by atoms with E-state index in [2.05, 4.69) is 4.98 Å². The molecule has 0 radical (unpaired) electrons. The van der Waals surface area contributed by atoms with Crippen LogP contribution in [0.4, 0.5) is 0 Å². The van der Waals surface area contributed by atoms with E-state index < -0.39 is 0 Å². The van der Waals surface area contributed by atoms with Crippen molar-refractivity contribution in [2.24, 2.45) is 0 Å². The molecule has 0 spiro atoms. The molecule has 0 saturated heterocycles. The largest absolute Gasteiger partial charge is 0.456 e. The number of fused-ring (bicyclic) bond motifs is 1. The van der Waals surface area contributed by atoms with Gasteiger partial charge in [0.2, 0.25) is 0 Å². The molecular weight excluding hydrogens is 326 g/mol. The van der Waals surface area contributed by atoms with Crippen LogP contribution >= 0.6 is 0 Å². The Morgan fingerprint density at radius 3 is 2.46 bits per heavy atom. The number of hydrogen-bond acceptors (Lipinski definition) is 4. The number of oxazole rings is 1. The van der Waals surface area contributed by atoms with E-state index in [9.17, 15) is 4.79 Å². The molecule has 0 aliphatic carbocycles. The molecule has 0 N–H and O–H groups in total. The van der Waals surface area contributed by atoms with Gasteiger partial charge in [0.25, 0.3) is 0 Å². The quantitative estimate of drug-likeness (QED) is 0.473. The van der Waals surface area contributed by atoms with Gasteiger partial charge < -0.3 is 13.6 Å². The Kier molecular flexibility index (Phi) is 4.17. The van der Waals surface area contributed by atoms with Crippen LogP contribution in [0.5, 0.6) is 0 Å². The third-order valence-corrected chi connectivity index (χ3v) is 4.38. The van der Waals surface area contributed by atoms with Gasteiger partial charge in [-0.1, -0.05) is 42.5 Å². The summed E-state index contributed by atoms with van der Waals surface area (Å²) in [7, 11) is 0. The molecule has 0 atom stereocenters. The fourth-order valence-electron chi connectivity index (χ4n) is 3.07. The van der Waals surface area contributed by atoms with Crippen LogP contribution in [0.15, 0.2) is 63.4 Å². The van der Waals surface area contributed by atoms with Gasteiger partial charge >= 0.3 is 0 Å². The number of ketones is 1. The highest BCUT2D eigenvalue weighted by Crippen LogP contribution is 2.31. The molecular formula is C22H19NO3. The summed E-state index contributed by atoms with van der Waals surface area (Å²) in [5, 5.41) is 1.09. The summed E-state index contributed by atoms with van der Waals surface area (Å²) in [6.45, 7) is 3.41. The van der Waals surface area contributed by atoms with Crippen molar-refractivity contribution in [3.8, 4) is 22.6 Å². The van der Waals surface area contributed by atoms with Crippen LogP contribution in [0.2, 0.25) is 0 Å². The summed E-state index contributed by atoms with van der Waals surface area (Å²) in [4.78, 5) is 15.8. The van der Waals surface area contributed by atoms with E-state index in [0.717, 1.165) is 39.3 Å². The Morgan fingerprint density at radius 2 is 1.73 bits per heavy atom. The molecule has 4 aromatic rings. The lowest BCUT2D eigenvalue weighted by molar-refractivity contribution is -0.117. The number of carbonyl (C=O) groups is 1. The first-order valence-corrected chi connectivity index (χ1v) is 8.65. The molecule has 0 bridgehead atoms. The van der Waals surface area contributed by atoms with Gasteiger partial charge in [0.05, 0.1) is 0 Å². The molecule has 4 nitrogen and oxygen atoms in total. The standard InChI is InChI=1S/C22H19NO3/c1-14(24)7-12-20-22(23-15(2)25-20)17-10-8-16(9-11-17)21-13-18-5-3-4-6-19(18)26-21/h3-6,8-11,13H,7,12H2,1-2H3. The minimum absolute atomic E-state index is 0.144. The average molecular weight is 345 g/mol. The lowest BCUT2D eigenvalue weighted by atomic mass is 10.0. The normalized spacial score (nSPS) is 11.2. The fraction of sp³-hybridized carbons (Fsp3) is 0.182. The maximum Gasteiger partial charge on any atom is 0.191 e. The maximum absolute atomic E-state index is 11.3. The van der Waals surface area contributed by atoms with Gasteiger partial charge in [0.15, 0.2) is 5.89 Å². The van der Waals surface area contributed by atoms with Gasteiger partial charge in [0, 0.05) is 36.3 Å². The van der Waals surface area contributed by atoms with Gasteiger partial charge in [-0.3, -0.25) is 0 Å². The van der Waals surface area contributed by atoms with Gasteiger partial charge in [-0.05, 0) is 19.1 Å². The summed E-state index contributed by atoms with van der Waals surface area (Å²) < 4.78 is 11.6. The van der Waals surface area contributed by atoms with Crippen molar-refractivity contribution in [1.82, 2.24) is 4.98 Å². The third-order valence-electron chi connectivity index (χ3n) is 4.38. The zero-order valence-electron chi connectivity index (χ0n) is 14.8. The number of rotatable bonds is 5. The molecule has 0 saturated carbocycles. The minimum atomic E-state index is 0.144. The van der Waals surface area contributed by atoms with Crippen molar-refractivity contribution in [2.45, 2.75) is 26.7 Å². The van der Waals surface area contributed by atoms with Crippen molar-refractivity contribution in [3.63, 3.8) is 0 Å². The molecule has 2 aromatic heterocycles. The lowest BCUT2D eigenvalue weighted by Gasteiger charge is -2.02. The first-order valence-electron chi connectivity index (χ1n) is 8.65. The second-order valence-corrected chi connectivity index (χ2v) is 6.43. The van der Waals surface area contributed by atoms with E-state index in [1.54, 1.807) is 6.92 Å². The summed E-state index contributed by atoms with van der Waals surface area (Å²) in [5.41, 5.74) is 3.67. The molecule has 0 unspecified atom stereocenters. The molecule has 4 heteroatoms. The molecule has 130 valence electrons. The van der Waals surface area contributed by atoms with E-state index in [-0.39, 0.29) is 5.78 Å². The van der Waals surface area contributed by atoms with Crippen molar-refractivity contribution in [2.75, 3.05) is 0 Å². The molecule has 0 fully saturated rings. The Morgan fingerprint density at radius 1 is 1.00 bits per heavy atom. The number of carbonyl (C=O) groups excluding carboxylic acids is 1. The van der Waals surface area contributed by atoms with Gasteiger partial charge in [-0.2, -0.15) is 0 Å². The summed E-state index contributed by atoms with van der Waals surface area (Å²) >= 11 is 0. The van der Waals surface area contributed by atoms with Crippen LogP contribution in [0.1, 0.15) is 25.0 Å². The van der Waals surface area contributed by atoms with E-state index >= 15 is 0 Å². The molecule has 2 heterocycles. The zero-order valence-corrected chi connectivity index (χ0v) is 14.8. The van der Waals surface area contributed by atoms with Crippen LogP contribution in [0.3, 0.4) is 0 Å². The lowest BCUT2D eigenvalue weighted by Crippen LogP contribution is -1.94. The highest BCUT2D eigenvalue weighted by molar-refractivity contribution is 5.83. The first-order chi connectivity index (χ1) is 12.6. The van der Waals surface area contributed by atoms with Crippen LogP contribution in [-0.2, 0) is 11.2 Å². The number of furan rings is 1. The maximum atomic E-state index is 11.3. The van der Waals surface area contributed by atoms with Crippen molar-refractivity contribution in [1.29, 1.82) is 0 Å².